The molecule has 0 saturated heterocycles. The van der Waals surface area contributed by atoms with E-state index in [0.29, 0.717) is 11.6 Å². The SMILES string of the molecule is C=C1c2ccc3c(c2N(c2ccccc2)N=C(c2ccccc2)N1c1ccccc1)c1ccccc1n3-c1ccc2c(c1)-c1ccccc1C2c1nc(-c2ccccc2)nc(-c2ccccc2)n1. The monoisotopic (exact) mass is 871 g/mol. The minimum absolute atomic E-state index is 0.202. The van der Waals surface area contributed by atoms with Crippen molar-refractivity contribution in [3.05, 3.63) is 265 Å². The zero-order valence-corrected chi connectivity index (χ0v) is 36.9. The molecule has 2 aromatic heterocycles. The second-order valence-electron chi connectivity index (χ2n) is 17.1. The molecule has 3 heterocycles. The van der Waals surface area contributed by atoms with E-state index in [-0.39, 0.29) is 5.92 Å². The van der Waals surface area contributed by atoms with E-state index in [1.165, 1.54) is 11.1 Å². The molecular weight excluding hydrogens is 831 g/mol. The number of hydrogen-bond donors (Lipinski definition) is 0. The molecule has 1 atom stereocenters. The average Bonchev–Trinajstić information content (AvgIpc) is 3.89. The van der Waals surface area contributed by atoms with Crippen LogP contribution in [0.3, 0.4) is 0 Å². The lowest BCUT2D eigenvalue weighted by Crippen LogP contribution is -2.30. The van der Waals surface area contributed by atoms with Crippen LogP contribution < -0.4 is 9.91 Å². The van der Waals surface area contributed by atoms with Crippen molar-refractivity contribution >= 4 is 50.4 Å². The van der Waals surface area contributed by atoms with E-state index in [1.54, 1.807) is 0 Å². The molecule has 1 aliphatic carbocycles. The summed E-state index contributed by atoms with van der Waals surface area (Å²) in [5.41, 5.74) is 15.4. The van der Waals surface area contributed by atoms with Gasteiger partial charge in [0.25, 0.3) is 0 Å². The van der Waals surface area contributed by atoms with Gasteiger partial charge >= 0.3 is 0 Å². The molecule has 0 radical (unpaired) electrons. The number of rotatable bonds is 7. The predicted octanol–water partition coefficient (Wildman–Crippen LogP) is 14.5. The van der Waals surface area contributed by atoms with Gasteiger partial charge in [-0.2, -0.15) is 0 Å². The summed E-state index contributed by atoms with van der Waals surface area (Å²) < 4.78 is 2.40. The van der Waals surface area contributed by atoms with E-state index in [2.05, 4.69) is 190 Å². The highest BCUT2D eigenvalue weighted by Gasteiger charge is 2.35. The largest absolute Gasteiger partial charge is 0.309 e. The highest BCUT2D eigenvalue weighted by Crippen LogP contribution is 2.51. The highest BCUT2D eigenvalue weighted by molar-refractivity contribution is 6.24. The van der Waals surface area contributed by atoms with Crippen molar-refractivity contribution in [2.45, 2.75) is 5.92 Å². The van der Waals surface area contributed by atoms with Crippen LogP contribution in [0.15, 0.2) is 242 Å². The van der Waals surface area contributed by atoms with Gasteiger partial charge in [0, 0.05) is 50.1 Å². The minimum Gasteiger partial charge on any atom is -0.309 e. The Morgan fingerprint density at radius 2 is 0.971 bits per heavy atom. The van der Waals surface area contributed by atoms with Crippen molar-refractivity contribution in [3.63, 3.8) is 0 Å². The first kappa shape index (κ1) is 39.2. The highest BCUT2D eigenvalue weighted by atomic mass is 15.5. The van der Waals surface area contributed by atoms with Crippen LogP contribution in [-0.2, 0) is 0 Å². The Hall–Kier alpha value is -9.20. The number of hydrazone groups is 1. The summed E-state index contributed by atoms with van der Waals surface area (Å²) >= 11 is 0. The molecule has 7 nitrogen and oxygen atoms in total. The van der Waals surface area contributed by atoms with Gasteiger partial charge in [-0.25, -0.2) is 20.0 Å². The Morgan fingerprint density at radius 1 is 0.412 bits per heavy atom. The first-order chi connectivity index (χ1) is 33.7. The van der Waals surface area contributed by atoms with Gasteiger partial charge in [-0.05, 0) is 76.9 Å². The second-order valence-corrected chi connectivity index (χ2v) is 17.1. The van der Waals surface area contributed by atoms with Crippen LogP contribution in [0.5, 0.6) is 0 Å². The maximum atomic E-state index is 5.65. The van der Waals surface area contributed by atoms with Crippen molar-refractivity contribution in [1.82, 2.24) is 19.5 Å². The zero-order valence-electron chi connectivity index (χ0n) is 36.9. The van der Waals surface area contributed by atoms with Crippen molar-refractivity contribution in [2.24, 2.45) is 5.10 Å². The molecule has 2 aliphatic rings. The van der Waals surface area contributed by atoms with Gasteiger partial charge in [0.05, 0.1) is 28.3 Å². The zero-order chi connectivity index (χ0) is 45.1. The Kier molecular flexibility index (Phi) is 9.25. The average molecular weight is 872 g/mol. The van der Waals surface area contributed by atoms with Gasteiger partial charge in [0.1, 0.15) is 5.82 Å². The summed E-state index contributed by atoms with van der Waals surface area (Å²) in [4.78, 5) is 17.7. The number of fused-ring (bicyclic) bond motifs is 8. The Labute approximate surface area is 393 Å². The molecule has 7 heteroatoms. The molecule has 0 spiro atoms. The molecule has 68 heavy (non-hydrogen) atoms. The van der Waals surface area contributed by atoms with E-state index >= 15 is 0 Å². The van der Waals surface area contributed by atoms with E-state index < -0.39 is 0 Å². The smallest absolute Gasteiger partial charge is 0.165 e. The van der Waals surface area contributed by atoms with Crippen LogP contribution in [0.4, 0.5) is 17.1 Å². The number of hydrogen-bond acceptors (Lipinski definition) is 6. The summed E-state index contributed by atoms with van der Waals surface area (Å²) in [5, 5.41) is 9.97. The quantitative estimate of drug-likeness (QED) is 0.160. The van der Waals surface area contributed by atoms with Crippen molar-refractivity contribution in [3.8, 4) is 39.6 Å². The third-order valence-electron chi connectivity index (χ3n) is 13.2. The van der Waals surface area contributed by atoms with Crippen molar-refractivity contribution < 1.29 is 0 Å². The Bertz CT molecular complexity index is 3700. The molecular formula is C61H41N7. The predicted molar refractivity (Wildman–Crippen MR) is 277 cm³/mol. The van der Waals surface area contributed by atoms with Crippen LogP contribution in [0.1, 0.15) is 34.0 Å². The van der Waals surface area contributed by atoms with Gasteiger partial charge < -0.3 is 4.57 Å². The van der Waals surface area contributed by atoms with Crippen LogP contribution in [-0.4, -0.2) is 25.4 Å². The normalized spacial score (nSPS) is 14.1. The van der Waals surface area contributed by atoms with E-state index in [4.69, 9.17) is 26.6 Å². The molecule has 0 saturated carbocycles. The molecule has 0 fully saturated rings. The van der Waals surface area contributed by atoms with Crippen LogP contribution in [0.2, 0.25) is 0 Å². The molecule has 1 aliphatic heterocycles. The molecule has 1 unspecified atom stereocenters. The number of para-hydroxylation sites is 3. The molecule has 0 N–H and O–H groups in total. The molecule has 0 bridgehead atoms. The van der Waals surface area contributed by atoms with Crippen molar-refractivity contribution in [2.75, 3.05) is 9.91 Å². The maximum Gasteiger partial charge on any atom is 0.165 e. The van der Waals surface area contributed by atoms with Gasteiger partial charge in [-0.15, -0.1) is 5.10 Å². The van der Waals surface area contributed by atoms with Gasteiger partial charge in [0.2, 0.25) is 0 Å². The number of benzene rings is 9. The Balaban J connectivity index is 1.03. The van der Waals surface area contributed by atoms with Gasteiger partial charge in [-0.1, -0.05) is 183 Å². The summed E-state index contributed by atoms with van der Waals surface area (Å²) in [6.07, 6.45) is 0. The molecule has 11 aromatic rings. The lowest BCUT2D eigenvalue weighted by Gasteiger charge is -2.27. The molecule has 0 amide bonds. The fourth-order valence-electron chi connectivity index (χ4n) is 10.2. The summed E-state index contributed by atoms with van der Waals surface area (Å²) in [5.74, 6) is 2.60. The third kappa shape index (κ3) is 6.36. The van der Waals surface area contributed by atoms with E-state index in [0.717, 1.165) is 95.3 Å². The number of nitrogens with zero attached hydrogens (tertiary/aromatic N) is 7. The molecule has 320 valence electrons. The third-order valence-corrected chi connectivity index (χ3v) is 13.2. The summed E-state index contributed by atoms with van der Waals surface area (Å²) in [6.45, 7) is 4.86. The topological polar surface area (TPSA) is 62.4 Å². The van der Waals surface area contributed by atoms with Crippen molar-refractivity contribution in [1.29, 1.82) is 0 Å². The number of amidine groups is 1. The maximum absolute atomic E-state index is 5.65. The van der Waals surface area contributed by atoms with Crippen LogP contribution >= 0.6 is 0 Å². The van der Waals surface area contributed by atoms with Gasteiger partial charge in [0.15, 0.2) is 17.5 Å². The fraction of sp³-hybridized carbons (Fsp3) is 0.0164. The summed E-state index contributed by atoms with van der Waals surface area (Å²) in [7, 11) is 0. The number of anilines is 3. The first-order valence-electron chi connectivity index (χ1n) is 22.9. The molecule has 9 aromatic carbocycles. The fourth-order valence-corrected chi connectivity index (χ4v) is 10.2. The van der Waals surface area contributed by atoms with Crippen LogP contribution in [0, 0.1) is 0 Å². The lowest BCUT2D eigenvalue weighted by molar-refractivity contribution is 0.855. The Morgan fingerprint density at radius 3 is 1.65 bits per heavy atom. The lowest BCUT2D eigenvalue weighted by atomic mass is 9.95. The first-order valence-corrected chi connectivity index (χ1v) is 22.9. The molecule has 13 rings (SSSR count). The minimum atomic E-state index is -0.202. The van der Waals surface area contributed by atoms with E-state index in [9.17, 15) is 0 Å². The number of aromatic nitrogens is 4. The second kappa shape index (κ2) is 16.0. The standard InChI is InChI=1S/C61H41N7/c1-40-47-37-38-54-56(57(47)68(45-29-15-6-16-30-45)65-61(43-25-11-4-12-26-43)66(40)44-27-13-5-14-28-44)51-33-19-20-34-53(51)67(54)46-35-36-50-52(39-46)48-31-17-18-32-49(48)55(50)60-63-58(41-21-7-2-8-22-41)62-59(64-60)42-23-9-3-10-24-42/h2-39,55H,1H2. The van der Waals surface area contributed by atoms with Gasteiger partial charge in [-0.3, -0.25) is 4.90 Å². The van der Waals surface area contributed by atoms with Crippen LogP contribution in [0.25, 0.3) is 67.1 Å². The van der Waals surface area contributed by atoms with E-state index in [1.807, 2.05) is 54.6 Å². The summed E-state index contributed by atoms with van der Waals surface area (Å²) in [6, 6.07) is 80.4.